The van der Waals surface area contributed by atoms with Gasteiger partial charge < -0.3 is 4.90 Å². The lowest BCUT2D eigenvalue weighted by Crippen LogP contribution is -2.54. The van der Waals surface area contributed by atoms with Gasteiger partial charge >= 0.3 is 0 Å². The zero-order valence-electron chi connectivity index (χ0n) is 19.0. The summed E-state index contributed by atoms with van der Waals surface area (Å²) in [6.45, 7) is 6.81. The van der Waals surface area contributed by atoms with Gasteiger partial charge in [-0.25, -0.2) is 9.97 Å². The number of hydrogen-bond donors (Lipinski definition) is 0. The average molecular weight is 432 g/mol. The minimum Gasteiger partial charge on any atom is -0.336 e. The summed E-state index contributed by atoms with van der Waals surface area (Å²) < 4.78 is 0. The van der Waals surface area contributed by atoms with E-state index in [9.17, 15) is 4.79 Å². The first-order chi connectivity index (χ1) is 15.7. The molecule has 4 unspecified atom stereocenters. The Morgan fingerprint density at radius 3 is 2.69 bits per heavy atom. The van der Waals surface area contributed by atoms with Gasteiger partial charge in [-0.15, -0.1) is 0 Å². The number of nitrogens with zero attached hydrogens (tertiary/aromatic N) is 5. The number of aromatic nitrogens is 2. The van der Waals surface area contributed by atoms with Crippen LogP contribution >= 0.6 is 0 Å². The Bertz CT molecular complexity index is 995. The van der Waals surface area contributed by atoms with Crippen molar-refractivity contribution >= 4 is 5.91 Å². The van der Waals surface area contributed by atoms with Crippen molar-refractivity contribution in [1.29, 1.82) is 0 Å². The number of carbonyl (C=O) groups excluding carboxylic acids is 1. The van der Waals surface area contributed by atoms with Crippen LogP contribution in [0.2, 0.25) is 0 Å². The third-order valence-electron chi connectivity index (χ3n) is 8.40. The van der Waals surface area contributed by atoms with E-state index in [0.29, 0.717) is 24.5 Å². The average Bonchev–Trinajstić information content (AvgIpc) is 3.55. The van der Waals surface area contributed by atoms with Crippen LogP contribution in [0, 0.1) is 5.92 Å². The van der Waals surface area contributed by atoms with Crippen LogP contribution < -0.4 is 0 Å². The molecule has 4 aliphatic rings. The van der Waals surface area contributed by atoms with Gasteiger partial charge in [0.25, 0.3) is 0 Å². The smallest absolute Gasteiger partial charge is 0.237 e. The molecule has 2 aromatic rings. The van der Waals surface area contributed by atoms with E-state index < -0.39 is 0 Å². The second-order valence-electron chi connectivity index (χ2n) is 10.3. The van der Waals surface area contributed by atoms with E-state index in [1.807, 2.05) is 12.4 Å². The van der Waals surface area contributed by atoms with E-state index in [4.69, 9.17) is 0 Å². The highest BCUT2D eigenvalue weighted by Crippen LogP contribution is 2.39. The van der Waals surface area contributed by atoms with Crippen molar-refractivity contribution < 1.29 is 4.79 Å². The molecular weight excluding hydrogens is 398 g/mol. The Balaban J connectivity index is 1.07. The molecule has 4 atom stereocenters. The highest BCUT2D eigenvalue weighted by molar-refractivity contribution is 5.79. The number of rotatable bonds is 4. The number of amides is 1. The molecule has 1 aromatic heterocycles. The minimum atomic E-state index is 0.332. The van der Waals surface area contributed by atoms with Gasteiger partial charge in [0.2, 0.25) is 5.91 Å². The highest BCUT2D eigenvalue weighted by Gasteiger charge is 2.48. The lowest BCUT2D eigenvalue weighted by molar-refractivity contribution is -0.135. The molecule has 1 aliphatic carbocycles. The highest BCUT2D eigenvalue weighted by atomic mass is 16.2. The van der Waals surface area contributed by atoms with Gasteiger partial charge in [0.1, 0.15) is 6.33 Å². The van der Waals surface area contributed by atoms with Gasteiger partial charge in [-0.05, 0) is 48.3 Å². The second-order valence-corrected chi connectivity index (χ2v) is 10.3. The molecule has 6 heteroatoms. The first-order valence-electron chi connectivity index (χ1n) is 12.3. The molecule has 1 amide bonds. The van der Waals surface area contributed by atoms with E-state index in [1.54, 1.807) is 6.33 Å². The Morgan fingerprint density at radius 1 is 1.06 bits per heavy atom. The normalized spacial score (nSPS) is 30.1. The molecule has 168 valence electrons. The molecule has 3 aliphatic heterocycles. The van der Waals surface area contributed by atoms with Crippen LogP contribution in [-0.2, 0) is 17.8 Å². The standard InChI is InChI=1S/C26H33N5O/c1-18-3-2-4-25(18)30-14-24-10-23(30)15-31(24)26(32)16-29-8-7-20-9-19(5-6-21(20)13-29)22-11-27-17-28-12-22/h5-6,9,11-12,17-18,23-25H,2-4,7-8,10,13-16H2,1H3. The summed E-state index contributed by atoms with van der Waals surface area (Å²) in [5.74, 6) is 1.15. The number of carbonyl (C=O) groups is 1. The first-order valence-corrected chi connectivity index (χ1v) is 12.3. The maximum Gasteiger partial charge on any atom is 0.237 e. The first kappa shape index (κ1) is 20.3. The molecule has 2 saturated heterocycles. The van der Waals surface area contributed by atoms with E-state index in [1.165, 1.54) is 42.4 Å². The topological polar surface area (TPSA) is 52.6 Å². The molecular formula is C26H33N5O. The summed E-state index contributed by atoms with van der Waals surface area (Å²) in [5, 5.41) is 0. The third kappa shape index (κ3) is 3.63. The SMILES string of the molecule is CC1CCCC1N1CC2CC1CN2C(=O)CN1CCc2cc(-c3cncnc3)ccc2C1. The van der Waals surface area contributed by atoms with Crippen LogP contribution in [0.25, 0.3) is 11.1 Å². The summed E-state index contributed by atoms with van der Waals surface area (Å²) in [6.07, 6.45) is 11.6. The summed E-state index contributed by atoms with van der Waals surface area (Å²) in [5.41, 5.74) is 4.95. The number of benzene rings is 1. The number of piperazine rings is 1. The fourth-order valence-electron chi connectivity index (χ4n) is 6.68. The summed E-state index contributed by atoms with van der Waals surface area (Å²) in [6, 6.07) is 8.43. The van der Waals surface area contributed by atoms with Crippen LogP contribution in [0.4, 0.5) is 0 Å². The lowest BCUT2D eigenvalue weighted by atomic mass is 9.95. The predicted molar refractivity (Wildman–Crippen MR) is 124 cm³/mol. The Labute approximate surface area is 190 Å². The van der Waals surface area contributed by atoms with Crippen molar-refractivity contribution in [3.05, 3.63) is 48.0 Å². The van der Waals surface area contributed by atoms with Crippen LogP contribution in [0.3, 0.4) is 0 Å². The fraction of sp³-hybridized carbons (Fsp3) is 0.577. The molecule has 0 N–H and O–H groups in total. The monoisotopic (exact) mass is 431 g/mol. The van der Waals surface area contributed by atoms with Crippen molar-refractivity contribution in [3.63, 3.8) is 0 Å². The third-order valence-corrected chi connectivity index (χ3v) is 8.40. The van der Waals surface area contributed by atoms with Crippen LogP contribution in [0.15, 0.2) is 36.9 Å². The van der Waals surface area contributed by atoms with E-state index in [0.717, 1.165) is 50.1 Å². The van der Waals surface area contributed by atoms with Crippen LogP contribution in [0.5, 0.6) is 0 Å². The lowest BCUT2D eigenvalue weighted by Gasteiger charge is -2.40. The largest absolute Gasteiger partial charge is 0.336 e. The van der Waals surface area contributed by atoms with Crippen molar-refractivity contribution in [1.82, 2.24) is 24.7 Å². The Morgan fingerprint density at radius 2 is 1.94 bits per heavy atom. The summed E-state index contributed by atoms with van der Waals surface area (Å²) in [4.78, 5) is 28.8. The maximum atomic E-state index is 13.2. The van der Waals surface area contributed by atoms with E-state index in [2.05, 4.69) is 49.8 Å². The molecule has 0 spiro atoms. The Hall–Kier alpha value is -2.31. The van der Waals surface area contributed by atoms with Crippen molar-refractivity contribution in [2.24, 2.45) is 5.92 Å². The number of fused-ring (bicyclic) bond motifs is 3. The molecule has 0 radical (unpaired) electrons. The van der Waals surface area contributed by atoms with Gasteiger partial charge in [0, 0.05) is 62.3 Å². The molecule has 4 heterocycles. The van der Waals surface area contributed by atoms with Gasteiger partial charge in [-0.3, -0.25) is 14.6 Å². The maximum absolute atomic E-state index is 13.2. The molecule has 2 bridgehead atoms. The molecule has 6 rings (SSSR count). The van der Waals surface area contributed by atoms with Gasteiger partial charge in [-0.1, -0.05) is 31.5 Å². The van der Waals surface area contributed by atoms with Gasteiger partial charge in [0.05, 0.1) is 6.54 Å². The molecule has 3 fully saturated rings. The quantitative estimate of drug-likeness (QED) is 0.745. The molecule has 32 heavy (non-hydrogen) atoms. The second kappa shape index (κ2) is 8.23. The zero-order chi connectivity index (χ0) is 21.7. The fourth-order valence-corrected chi connectivity index (χ4v) is 6.68. The number of likely N-dealkylation sites (tertiary alicyclic amines) is 2. The van der Waals surface area contributed by atoms with Crippen LogP contribution in [-0.4, -0.2) is 74.9 Å². The minimum absolute atomic E-state index is 0.332. The zero-order valence-corrected chi connectivity index (χ0v) is 19.0. The molecule has 1 saturated carbocycles. The Kier molecular flexibility index (Phi) is 5.22. The predicted octanol–water partition coefficient (Wildman–Crippen LogP) is 2.98. The van der Waals surface area contributed by atoms with Crippen molar-refractivity contribution in [3.8, 4) is 11.1 Å². The van der Waals surface area contributed by atoms with Gasteiger partial charge in [0.15, 0.2) is 0 Å². The van der Waals surface area contributed by atoms with Gasteiger partial charge in [-0.2, -0.15) is 0 Å². The van der Waals surface area contributed by atoms with Crippen molar-refractivity contribution in [2.45, 2.75) is 63.7 Å². The van der Waals surface area contributed by atoms with E-state index >= 15 is 0 Å². The summed E-state index contributed by atoms with van der Waals surface area (Å²) in [7, 11) is 0. The molecule has 6 nitrogen and oxygen atoms in total. The van der Waals surface area contributed by atoms with E-state index in [-0.39, 0.29) is 0 Å². The summed E-state index contributed by atoms with van der Waals surface area (Å²) >= 11 is 0. The van der Waals surface area contributed by atoms with Crippen LogP contribution in [0.1, 0.15) is 43.7 Å². The number of hydrogen-bond acceptors (Lipinski definition) is 5. The van der Waals surface area contributed by atoms with Crippen molar-refractivity contribution in [2.75, 3.05) is 26.2 Å². The molecule has 1 aromatic carbocycles.